The number of rotatable bonds is 15. The van der Waals surface area contributed by atoms with Crippen molar-refractivity contribution in [2.45, 2.75) is 58.1 Å². The molecule has 0 bridgehead atoms. The highest BCUT2D eigenvalue weighted by Crippen LogP contribution is 2.34. The molecule has 0 saturated carbocycles. The van der Waals surface area contributed by atoms with Crippen molar-refractivity contribution in [2.24, 2.45) is 0 Å². The van der Waals surface area contributed by atoms with Crippen LogP contribution in [0.4, 0.5) is 16.2 Å². The first kappa shape index (κ1) is 33.6. The summed E-state index contributed by atoms with van der Waals surface area (Å²) in [7, 11) is 3.28. The minimum atomic E-state index is -0.262. The fraction of sp³-hybridized carbons (Fsp3) is 0.429. The molecule has 3 aromatic carbocycles. The van der Waals surface area contributed by atoms with Crippen molar-refractivity contribution in [3.63, 3.8) is 0 Å². The van der Waals surface area contributed by atoms with Gasteiger partial charge < -0.3 is 39.8 Å². The van der Waals surface area contributed by atoms with Crippen molar-refractivity contribution in [1.82, 2.24) is 10.2 Å². The van der Waals surface area contributed by atoms with Gasteiger partial charge in [-0.15, -0.1) is 0 Å². The minimum Gasteiger partial charge on any atom is -0.493 e. The van der Waals surface area contributed by atoms with E-state index in [2.05, 4.69) is 20.9 Å². The van der Waals surface area contributed by atoms with Gasteiger partial charge in [0.2, 0.25) is 0 Å². The number of hydrogen-bond acceptors (Lipinski definition) is 7. The summed E-state index contributed by atoms with van der Waals surface area (Å²) in [5.74, 6) is 2.10. The van der Waals surface area contributed by atoms with E-state index in [1.54, 1.807) is 68.8 Å². The van der Waals surface area contributed by atoms with Gasteiger partial charge in [0.05, 0.1) is 7.11 Å². The maximum atomic E-state index is 12.9. The summed E-state index contributed by atoms with van der Waals surface area (Å²) < 4.78 is 22.8. The first-order chi connectivity index (χ1) is 21.9. The van der Waals surface area contributed by atoms with E-state index in [1.807, 2.05) is 26.0 Å². The van der Waals surface area contributed by atoms with E-state index in [0.717, 1.165) is 64.1 Å². The van der Waals surface area contributed by atoms with Crippen molar-refractivity contribution in [3.8, 4) is 23.0 Å². The molecule has 10 heteroatoms. The number of ether oxygens (including phenoxy) is 4. The molecule has 242 valence electrons. The van der Waals surface area contributed by atoms with Crippen LogP contribution in [0.5, 0.6) is 23.0 Å². The number of amides is 3. The second-order valence-corrected chi connectivity index (χ2v) is 11.1. The van der Waals surface area contributed by atoms with Crippen LogP contribution >= 0.6 is 0 Å². The molecule has 0 aliphatic carbocycles. The highest BCUT2D eigenvalue weighted by Gasteiger charge is 2.20. The van der Waals surface area contributed by atoms with Gasteiger partial charge in [-0.3, -0.25) is 4.79 Å². The maximum absolute atomic E-state index is 12.9. The zero-order chi connectivity index (χ0) is 32.0. The number of likely N-dealkylation sites (tertiary alicyclic amines) is 1. The molecule has 3 aromatic rings. The molecule has 4 rings (SSSR count). The molecule has 1 aliphatic rings. The standard InChI is InChI=1S/C35H46N4O6/c1-5-26(6-2)37-35(41)38-28-12-17-32(33(24-28)43-4)45-30-15-10-27(11-16-30)36-34(40)25-8-13-29(14-9-25)44-31-18-21-39(22-19-31)20-7-23-42-3/h8-17,24,26,31H,5-7,18-23H2,1-4H3,(H,36,40)(H2,37,38,41). The predicted molar refractivity (Wildman–Crippen MR) is 177 cm³/mol. The summed E-state index contributed by atoms with van der Waals surface area (Å²) in [6.45, 7) is 7.97. The number of carbonyl (C=O) groups is 2. The van der Waals surface area contributed by atoms with Crippen LogP contribution in [-0.2, 0) is 4.74 Å². The lowest BCUT2D eigenvalue weighted by Gasteiger charge is -2.32. The molecule has 3 amide bonds. The molecule has 1 heterocycles. The van der Waals surface area contributed by atoms with E-state index in [4.69, 9.17) is 18.9 Å². The molecule has 3 N–H and O–H groups in total. The first-order valence-corrected chi connectivity index (χ1v) is 15.7. The van der Waals surface area contributed by atoms with Crippen LogP contribution in [0.3, 0.4) is 0 Å². The topological polar surface area (TPSA) is 110 Å². The Balaban J connectivity index is 1.25. The molecule has 0 radical (unpaired) electrons. The van der Waals surface area contributed by atoms with E-state index >= 15 is 0 Å². The number of urea groups is 1. The summed E-state index contributed by atoms with van der Waals surface area (Å²) in [4.78, 5) is 27.6. The molecular formula is C35H46N4O6. The first-order valence-electron chi connectivity index (χ1n) is 15.7. The summed E-state index contributed by atoms with van der Waals surface area (Å²) in [5.41, 5.74) is 1.78. The Morgan fingerprint density at radius 3 is 2.16 bits per heavy atom. The summed E-state index contributed by atoms with van der Waals surface area (Å²) in [5, 5.41) is 8.71. The third kappa shape index (κ3) is 10.4. The Kier molecular flexibility index (Phi) is 12.9. The molecule has 0 atom stereocenters. The lowest BCUT2D eigenvalue weighted by molar-refractivity contribution is 0.0929. The average molecular weight is 619 g/mol. The summed E-state index contributed by atoms with van der Waals surface area (Å²) in [6, 6.07) is 19.4. The lowest BCUT2D eigenvalue weighted by atomic mass is 10.1. The Morgan fingerprint density at radius 1 is 0.844 bits per heavy atom. The van der Waals surface area contributed by atoms with E-state index in [0.29, 0.717) is 34.2 Å². The number of methoxy groups -OCH3 is 2. The van der Waals surface area contributed by atoms with Gasteiger partial charge in [-0.25, -0.2) is 4.79 Å². The van der Waals surface area contributed by atoms with E-state index in [9.17, 15) is 9.59 Å². The number of anilines is 2. The highest BCUT2D eigenvalue weighted by molar-refractivity contribution is 6.04. The highest BCUT2D eigenvalue weighted by atomic mass is 16.5. The van der Waals surface area contributed by atoms with E-state index in [1.165, 1.54) is 0 Å². The second kappa shape index (κ2) is 17.3. The van der Waals surface area contributed by atoms with Crippen molar-refractivity contribution in [2.75, 3.05) is 51.1 Å². The number of nitrogens with one attached hydrogen (secondary N) is 3. The fourth-order valence-corrected chi connectivity index (χ4v) is 5.17. The van der Waals surface area contributed by atoms with Gasteiger partial charge in [-0.2, -0.15) is 0 Å². The quantitative estimate of drug-likeness (QED) is 0.159. The largest absolute Gasteiger partial charge is 0.493 e. The normalized spacial score (nSPS) is 13.7. The number of nitrogens with zero attached hydrogens (tertiary/aromatic N) is 1. The van der Waals surface area contributed by atoms with E-state index < -0.39 is 0 Å². The summed E-state index contributed by atoms with van der Waals surface area (Å²) in [6.07, 6.45) is 4.93. The molecule has 10 nitrogen and oxygen atoms in total. The zero-order valence-electron chi connectivity index (χ0n) is 26.8. The number of piperidine rings is 1. The Morgan fingerprint density at radius 2 is 1.51 bits per heavy atom. The van der Waals surface area contributed by atoms with Crippen LogP contribution in [0.2, 0.25) is 0 Å². The molecule has 1 saturated heterocycles. The van der Waals surface area contributed by atoms with Crippen LogP contribution in [0.25, 0.3) is 0 Å². The van der Waals surface area contributed by atoms with E-state index in [-0.39, 0.29) is 24.1 Å². The van der Waals surface area contributed by atoms with Crippen molar-refractivity contribution >= 4 is 23.3 Å². The van der Waals surface area contributed by atoms with Crippen LogP contribution in [0.1, 0.15) is 56.3 Å². The third-order valence-electron chi connectivity index (χ3n) is 7.86. The Bertz CT molecular complexity index is 1350. The predicted octanol–water partition coefficient (Wildman–Crippen LogP) is 6.93. The number of benzene rings is 3. The zero-order valence-corrected chi connectivity index (χ0v) is 26.8. The molecule has 0 aromatic heterocycles. The second-order valence-electron chi connectivity index (χ2n) is 11.1. The summed E-state index contributed by atoms with van der Waals surface area (Å²) >= 11 is 0. The molecule has 1 fully saturated rings. The lowest BCUT2D eigenvalue weighted by Crippen LogP contribution is -2.38. The number of hydrogen-bond donors (Lipinski definition) is 3. The van der Waals surface area contributed by atoms with Crippen LogP contribution in [-0.4, -0.2) is 69.4 Å². The molecule has 1 aliphatic heterocycles. The maximum Gasteiger partial charge on any atom is 0.319 e. The van der Waals surface area contributed by atoms with Gasteiger partial charge in [0.1, 0.15) is 17.6 Å². The minimum absolute atomic E-state index is 0.123. The van der Waals surface area contributed by atoms with Crippen molar-refractivity contribution in [3.05, 3.63) is 72.3 Å². The van der Waals surface area contributed by atoms with Gasteiger partial charge in [0, 0.05) is 62.4 Å². The van der Waals surface area contributed by atoms with Gasteiger partial charge >= 0.3 is 6.03 Å². The molecule has 45 heavy (non-hydrogen) atoms. The van der Waals surface area contributed by atoms with Gasteiger partial charge in [-0.05, 0) is 92.8 Å². The number of carbonyl (C=O) groups excluding carboxylic acids is 2. The van der Waals surface area contributed by atoms with Crippen LogP contribution in [0, 0.1) is 0 Å². The molecule has 0 unspecified atom stereocenters. The van der Waals surface area contributed by atoms with Crippen LogP contribution in [0.15, 0.2) is 66.7 Å². The third-order valence-corrected chi connectivity index (χ3v) is 7.86. The Hall–Kier alpha value is -4.28. The monoisotopic (exact) mass is 618 g/mol. The molecular weight excluding hydrogens is 572 g/mol. The average Bonchev–Trinajstić information content (AvgIpc) is 3.06. The van der Waals surface area contributed by atoms with Gasteiger partial charge in [0.25, 0.3) is 5.91 Å². The van der Waals surface area contributed by atoms with Crippen molar-refractivity contribution < 1.29 is 28.5 Å². The fourth-order valence-electron chi connectivity index (χ4n) is 5.17. The van der Waals surface area contributed by atoms with Crippen molar-refractivity contribution in [1.29, 1.82) is 0 Å². The van der Waals surface area contributed by atoms with Crippen LogP contribution < -0.4 is 30.2 Å². The Labute approximate surface area is 266 Å². The van der Waals surface area contributed by atoms with Gasteiger partial charge in [0.15, 0.2) is 11.5 Å². The smallest absolute Gasteiger partial charge is 0.319 e. The SMILES string of the molecule is CCC(CC)NC(=O)Nc1ccc(Oc2ccc(NC(=O)c3ccc(OC4CCN(CCCOC)CC4)cc3)cc2)c(OC)c1. The molecule has 0 spiro atoms. The van der Waals surface area contributed by atoms with Gasteiger partial charge in [-0.1, -0.05) is 13.8 Å².